The summed E-state index contributed by atoms with van der Waals surface area (Å²) in [6.07, 6.45) is 0.323. The molecule has 1 aliphatic rings. The Morgan fingerprint density at radius 3 is 2.39 bits per heavy atom. The van der Waals surface area contributed by atoms with E-state index in [2.05, 4.69) is 43.1 Å². The van der Waals surface area contributed by atoms with E-state index in [1.807, 2.05) is 18.2 Å². The Labute approximate surface area is 203 Å². The van der Waals surface area contributed by atoms with E-state index in [1.165, 1.54) is 11.1 Å². The summed E-state index contributed by atoms with van der Waals surface area (Å²) in [7, 11) is 0. The molecule has 1 aromatic heterocycles. The van der Waals surface area contributed by atoms with Crippen LogP contribution in [0.25, 0.3) is 10.9 Å². The maximum atomic E-state index is 13.3. The molecule has 5 rings (SSSR count). The van der Waals surface area contributed by atoms with E-state index in [1.54, 1.807) is 29.2 Å². The van der Waals surface area contributed by atoms with Crippen LogP contribution >= 0.6 is 23.2 Å². The molecule has 3 aromatic carbocycles. The van der Waals surface area contributed by atoms with Crippen LogP contribution in [0.4, 0.5) is 4.79 Å². The molecule has 1 N–H and O–H groups in total. The average molecular weight is 479 g/mol. The number of fused-ring (bicyclic) bond motifs is 3. The Kier molecular flexibility index (Phi) is 5.81. The predicted molar refractivity (Wildman–Crippen MR) is 134 cm³/mol. The van der Waals surface area contributed by atoms with Crippen molar-refractivity contribution < 1.29 is 9.53 Å². The van der Waals surface area contributed by atoms with E-state index in [9.17, 15) is 4.79 Å². The molecule has 0 spiro atoms. The summed E-state index contributed by atoms with van der Waals surface area (Å²) in [5, 5.41) is 2.40. The normalized spacial score (nSPS) is 15.7. The van der Waals surface area contributed by atoms with Gasteiger partial charge in [0, 0.05) is 33.2 Å². The van der Waals surface area contributed by atoms with Gasteiger partial charge in [-0.3, -0.25) is 4.90 Å². The molecule has 1 unspecified atom stereocenters. The maximum absolute atomic E-state index is 13.3. The van der Waals surface area contributed by atoms with Gasteiger partial charge in [0.25, 0.3) is 0 Å². The van der Waals surface area contributed by atoms with Gasteiger partial charge in [0.15, 0.2) is 0 Å². The summed E-state index contributed by atoms with van der Waals surface area (Å²) in [5.41, 5.74) is 5.51. The highest BCUT2D eigenvalue weighted by atomic mass is 35.5. The average Bonchev–Trinajstić information content (AvgIpc) is 3.17. The highest BCUT2D eigenvalue weighted by Gasteiger charge is 2.35. The lowest BCUT2D eigenvalue weighted by Crippen LogP contribution is -2.42. The molecule has 1 atom stereocenters. The molecule has 0 bridgehead atoms. The summed E-state index contributed by atoms with van der Waals surface area (Å²) >= 11 is 12.3. The van der Waals surface area contributed by atoms with Crippen LogP contribution in [0.2, 0.25) is 10.0 Å². The van der Waals surface area contributed by atoms with Crippen molar-refractivity contribution in [3.8, 4) is 5.75 Å². The molecule has 0 saturated carbocycles. The van der Waals surface area contributed by atoms with Crippen LogP contribution in [0.5, 0.6) is 5.75 Å². The number of amides is 1. The third kappa shape index (κ3) is 4.21. The third-order valence-corrected chi connectivity index (χ3v) is 6.75. The minimum Gasteiger partial charge on any atom is -0.410 e. The molecular formula is C27H24Cl2N2O2. The van der Waals surface area contributed by atoms with Crippen molar-refractivity contribution in [3.63, 3.8) is 0 Å². The molecule has 0 aliphatic carbocycles. The zero-order chi connectivity index (χ0) is 23.1. The molecule has 4 nitrogen and oxygen atoms in total. The van der Waals surface area contributed by atoms with Crippen LogP contribution < -0.4 is 4.74 Å². The molecule has 2 heterocycles. The van der Waals surface area contributed by atoms with E-state index >= 15 is 0 Å². The van der Waals surface area contributed by atoms with Crippen LogP contribution in [0.15, 0.2) is 66.7 Å². The number of nitrogens with zero attached hydrogens (tertiary/aromatic N) is 1. The van der Waals surface area contributed by atoms with E-state index in [0.717, 1.165) is 22.2 Å². The van der Waals surface area contributed by atoms with Gasteiger partial charge in [-0.25, -0.2) is 4.79 Å². The number of ether oxygens (including phenoxy) is 1. The Morgan fingerprint density at radius 2 is 1.70 bits per heavy atom. The monoisotopic (exact) mass is 478 g/mol. The molecule has 0 radical (unpaired) electrons. The molecule has 0 saturated heterocycles. The van der Waals surface area contributed by atoms with Gasteiger partial charge in [0.2, 0.25) is 0 Å². The molecule has 0 fully saturated rings. The van der Waals surface area contributed by atoms with Gasteiger partial charge < -0.3 is 9.72 Å². The summed E-state index contributed by atoms with van der Waals surface area (Å²) in [4.78, 5) is 18.7. The number of carbonyl (C=O) groups is 1. The van der Waals surface area contributed by atoms with Crippen LogP contribution in [-0.4, -0.2) is 22.5 Å². The van der Waals surface area contributed by atoms with E-state index in [4.69, 9.17) is 27.9 Å². The third-order valence-electron chi connectivity index (χ3n) is 6.26. The predicted octanol–water partition coefficient (Wildman–Crippen LogP) is 7.74. The lowest BCUT2D eigenvalue weighted by molar-refractivity contribution is 0.135. The topological polar surface area (TPSA) is 45.3 Å². The Balaban J connectivity index is 1.57. The number of hydrogen-bond acceptors (Lipinski definition) is 2. The van der Waals surface area contributed by atoms with Crippen molar-refractivity contribution in [3.05, 3.63) is 99.2 Å². The second-order valence-corrected chi connectivity index (χ2v) is 9.57. The largest absolute Gasteiger partial charge is 0.416 e. The van der Waals surface area contributed by atoms with Crippen molar-refractivity contribution in [2.24, 2.45) is 0 Å². The van der Waals surface area contributed by atoms with Crippen molar-refractivity contribution in [2.45, 2.75) is 32.2 Å². The zero-order valence-corrected chi connectivity index (χ0v) is 20.0. The first-order chi connectivity index (χ1) is 15.9. The molecule has 1 amide bonds. The second-order valence-electron chi connectivity index (χ2n) is 8.70. The zero-order valence-electron chi connectivity index (χ0n) is 18.4. The SMILES string of the molecule is CC(C)c1ccc(C2c3[nH]c4ccc(Cl)cc4c3CCN2C(=O)Oc2ccc(Cl)cc2)cc1. The Bertz CT molecular complexity index is 1310. The molecule has 4 aromatic rings. The number of carbonyl (C=O) groups excluding carboxylic acids is 1. The van der Waals surface area contributed by atoms with Crippen molar-refractivity contribution >= 4 is 40.2 Å². The van der Waals surface area contributed by atoms with E-state index in [-0.39, 0.29) is 6.04 Å². The van der Waals surface area contributed by atoms with Gasteiger partial charge in [0.05, 0.1) is 0 Å². The number of rotatable bonds is 3. The molecule has 6 heteroatoms. The Morgan fingerprint density at radius 1 is 1.00 bits per heavy atom. The van der Waals surface area contributed by atoms with Crippen molar-refractivity contribution in [1.29, 1.82) is 0 Å². The number of benzene rings is 3. The van der Waals surface area contributed by atoms with Gasteiger partial charge in [0.1, 0.15) is 11.8 Å². The number of nitrogens with one attached hydrogen (secondary N) is 1. The van der Waals surface area contributed by atoms with Crippen LogP contribution in [0.1, 0.15) is 48.2 Å². The lowest BCUT2D eigenvalue weighted by Gasteiger charge is -2.35. The maximum Gasteiger partial charge on any atom is 0.416 e. The van der Waals surface area contributed by atoms with Gasteiger partial charge in [-0.1, -0.05) is 61.3 Å². The molecule has 1 aliphatic heterocycles. The lowest BCUT2D eigenvalue weighted by atomic mass is 9.91. The fraction of sp³-hybridized carbons (Fsp3) is 0.222. The molecular weight excluding hydrogens is 455 g/mol. The van der Waals surface area contributed by atoms with Gasteiger partial charge in [-0.15, -0.1) is 0 Å². The summed E-state index contributed by atoms with van der Waals surface area (Å²) in [5.74, 6) is 0.898. The highest BCUT2D eigenvalue weighted by molar-refractivity contribution is 6.31. The van der Waals surface area contributed by atoms with Crippen molar-refractivity contribution in [2.75, 3.05) is 6.54 Å². The summed E-state index contributed by atoms with van der Waals surface area (Å²) in [6, 6.07) is 20.9. The number of aromatic nitrogens is 1. The first-order valence-electron chi connectivity index (χ1n) is 11.0. The number of hydrogen-bond donors (Lipinski definition) is 1. The number of H-pyrrole nitrogens is 1. The highest BCUT2D eigenvalue weighted by Crippen LogP contribution is 2.39. The first-order valence-corrected chi connectivity index (χ1v) is 11.8. The fourth-order valence-corrected chi connectivity index (χ4v) is 4.83. The van der Waals surface area contributed by atoms with Crippen LogP contribution in [-0.2, 0) is 6.42 Å². The van der Waals surface area contributed by atoms with Crippen LogP contribution in [0.3, 0.4) is 0 Å². The molecule has 168 valence electrons. The smallest absolute Gasteiger partial charge is 0.410 e. The number of aromatic amines is 1. The standard InChI is InChI=1S/C27H24Cl2N2O2/c1-16(2)17-3-5-18(6-4-17)26-25-22(23-15-20(29)9-12-24(23)30-25)13-14-31(26)27(32)33-21-10-7-19(28)8-11-21/h3-12,15-16,26,30H,13-14H2,1-2H3. The molecule has 33 heavy (non-hydrogen) atoms. The van der Waals surface area contributed by atoms with Gasteiger partial charge >= 0.3 is 6.09 Å². The summed E-state index contributed by atoms with van der Waals surface area (Å²) in [6.45, 7) is 4.88. The van der Waals surface area contributed by atoms with Crippen LogP contribution in [0, 0.1) is 0 Å². The Hall–Kier alpha value is -2.95. The van der Waals surface area contributed by atoms with Gasteiger partial charge in [-0.05, 0) is 71.5 Å². The fourth-order valence-electron chi connectivity index (χ4n) is 4.53. The van der Waals surface area contributed by atoms with Crippen molar-refractivity contribution in [1.82, 2.24) is 9.88 Å². The number of halogens is 2. The second kappa shape index (κ2) is 8.77. The quantitative estimate of drug-likeness (QED) is 0.327. The minimum absolute atomic E-state index is 0.291. The minimum atomic E-state index is -0.391. The summed E-state index contributed by atoms with van der Waals surface area (Å²) < 4.78 is 5.72. The van der Waals surface area contributed by atoms with E-state index in [0.29, 0.717) is 34.7 Å². The first kappa shape index (κ1) is 21.9. The van der Waals surface area contributed by atoms with Gasteiger partial charge in [-0.2, -0.15) is 0 Å². The van der Waals surface area contributed by atoms with E-state index < -0.39 is 6.09 Å².